The van der Waals surface area contributed by atoms with Crippen LogP contribution in [0.15, 0.2) is 4.63 Å². The number of aryl methyl sites for hydroxylation is 1. The molecule has 7 nitrogen and oxygen atoms in total. The molecule has 7 heteroatoms. The van der Waals surface area contributed by atoms with E-state index < -0.39 is 0 Å². The van der Waals surface area contributed by atoms with E-state index in [0.29, 0.717) is 12.1 Å². The number of hydrogen-bond donors (Lipinski definition) is 2. The van der Waals surface area contributed by atoms with Crippen LogP contribution in [0.1, 0.15) is 45.2 Å². The first-order valence-corrected chi connectivity index (χ1v) is 9.91. The van der Waals surface area contributed by atoms with Crippen molar-refractivity contribution in [3.8, 4) is 0 Å². The second-order valence-electron chi connectivity index (χ2n) is 7.63. The van der Waals surface area contributed by atoms with Gasteiger partial charge in [-0.25, -0.2) is 4.63 Å². The second-order valence-corrected chi connectivity index (χ2v) is 7.63. The van der Waals surface area contributed by atoms with Gasteiger partial charge in [0.2, 0.25) is 0 Å². The summed E-state index contributed by atoms with van der Waals surface area (Å²) in [4.78, 5) is 4.87. The zero-order valence-electron chi connectivity index (χ0n) is 15.9. The van der Waals surface area contributed by atoms with E-state index in [4.69, 9.17) is 10.4 Å². The highest BCUT2D eigenvalue weighted by Crippen LogP contribution is 2.26. The maximum absolute atomic E-state index is 6.49. The van der Waals surface area contributed by atoms with E-state index in [2.05, 4.69) is 39.3 Å². The van der Waals surface area contributed by atoms with Crippen LogP contribution in [-0.4, -0.2) is 66.1 Å². The first-order valence-electron chi connectivity index (χ1n) is 9.91. The predicted molar refractivity (Wildman–Crippen MR) is 99.7 cm³/mol. The number of piperazine rings is 1. The number of piperidine rings is 1. The molecule has 0 amide bonds. The number of anilines is 1. The maximum Gasteiger partial charge on any atom is 0.196 e. The lowest BCUT2D eigenvalue weighted by molar-refractivity contribution is 0.102. The molecule has 2 aliphatic heterocycles. The van der Waals surface area contributed by atoms with Crippen molar-refractivity contribution in [2.45, 2.75) is 64.6 Å². The van der Waals surface area contributed by atoms with E-state index >= 15 is 0 Å². The molecule has 2 aliphatic rings. The Hall–Kier alpha value is -1.18. The summed E-state index contributed by atoms with van der Waals surface area (Å²) in [5, 5.41) is 11.7. The van der Waals surface area contributed by atoms with Gasteiger partial charge in [0.25, 0.3) is 0 Å². The molecule has 0 aromatic carbocycles. The molecular formula is C18H34N6O. The highest BCUT2D eigenvalue weighted by atomic mass is 16.6. The van der Waals surface area contributed by atoms with Gasteiger partial charge in [0.15, 0.2) is 5.82 Å². The largest absolute Gasteiger partial charge is 0.350 e. The minimum absolute atomic E-state index is 0.220. The number of nitrogens with one attached hydrogen (secondary N) is 1. The van der Waals surface area contributed by atoms with Gasteiger partial charge in [-0.2, -0.15) is 0 Å². The van der Waals surface area contributed by atoms with E-state index in [1.165, 1.54) is 25.7 Å². The Morgan fingerprint density at radius 2 is 2.00 bits per heavy atom. The molecule has 3 N–H and O–H groups in total. The molecule has 2 saturated heterocycles. The van der Waals surface area contributed by atoms with Crippen molar-refractivity contribution in [3.63, 3.8) is 0 Å². The number of hydrogen-bond acceptors (Lipinski definition) is 7. The predicted octanol–water partition coefficient (Wildman–Crippen LogP) is 1.38. The molecule has 3 rings (SSSR count). The van der Waals surface area contributed by atoms with Crippen molar-refractivity contribution in [2.24, 2.45) is 11.7 Å². The van der Waals surface area contributed by atoms with Gasteiger partial charge < -0.3 is 16.0 Å². The van der Waals surface area contributed by atoms with Crippen molar-refractivity contribution in [1.82, 2.24) is 20.5 Å². The van der Waals surface area contributed by atoms with Crippen molar-refractivity contribution < 1.29 is 4.63 Å². The monoisotopic (exact) mass is 350 g/mol. The average molecular weight is 351 g/mol. The van der Waals surface area contributed by atoms with Crippen LogP contribution in [-0.2, 0) is 0 Å². The quantitative estimate of drug-likeness (QED) is 0.802. The first kappa shape index (κ1) is 18.6. The third-order valence-corrected chi connectivity index (χ3v) is 6.07. The number of aromatic nitrogens is 2. The van der Waals surface area contributed by atoms with Crippen molar-refractivity contribution in [3.05, 3.63) is 5.69 Å². The van der Waals surface area contributed by atoms with Crippen LogP contribution in [0.4, 0.5) is 5.82 Å². The van der Waals surface area contributed by atoms with Crippen LogP contribution in [0.3, 0.4) is 0 Å². The molecule has 0 aliphatic carbocycles. The van der Waals surface area contributed by atoms with Crippen LogP contribution >= 0.6 is 0 Å². The molecule has 4 unspecified atom stereocenters. The van der Waals surface area contributed by atoms with Crippen LogP contribution in [0.5, 0.6) is 0 Å². The molecule has 1 aromatic heterocycles. The van der Waals surface area contributed by atoms with Crippen LogP contribution < -0.4 is 16.0 Å². The second kappa shape index (κ2) is 8.47. The molecule has 0 bridgehead atoms. The van der Waals surface area contributed by atoms with Crippen LogP contribution in [0.25, 0.3) is 0 Å². The third-order valence-electron chi connectivity index (χ3n) is 6.07. The number of rotatable bonds is 6. The molecule has 25 heavy (non-hydrogen) atoms. The summed E-state index contributed by atoms with van der Waals surface area (Å²) in [5.41, 5.74) is 7.36. The van der Waals surface area contributed by atoms with Gasteiger partial charge in [-0.05, 0) is 30.8 Å². The van der Waals surface area contributed by atoms with E-state index in [1.807, 2.05) is 6.92 Å². The fraction of sp³-hybridized carbons (Fsp3) is 0.889. The van der Waals surface area contributed by atoms with E-state index in [0.717, 1.165) is 50.2 Å². The maximum atomic E-state index is 6.49. The Labute approximate surface area is 151 Å². The van der Waals surface area contributed by atoms with Gasteiger partial charge in [0.1, 0.15) is 5.69 Å². The number of nitrogens with two attached hydrogens (primary N) is 1. The van der Waals surface area contributed by atoms with E-state index in [-0.39, 0.29) is 6.04 Å². The van der Waals surface area contributed by atoms with Crippen molar-refractivity contribution >= 4 is 5.82 Å². The van der Waals surface area contributed by atoms with Gasteiger partial charge >= 0.3 is 0 Å². The molecule has 1 aromatic rings. The van der Waals surface area contributed by atoms with Gasteiger partial charge in [-0.15, -0.1) is 0 Å². The molecule has 0 saturated carbocycles. The zero-order chi connectivity index (χ0) is 17.8. The lowest BCUT2D eigenvalue weighted by atomic mass is 9.83. The zero-order valence-corrected chi connectivity index (χ0v) is 15.9. The standard InChI is InChI=1S/C18H34N6O/c1-4-6-14(5-2)16-11-17(15(19)12-20-16)23-7-9-24(10-8-23)18-13(3)21-25-22-18/h14-17,20H,4-12,19H2,1-3H3. The Balaban J connectivity index is 1.58. The van der Waals surface area contributed by atoms with Gasteiger partial charge in [-0.1, -0.05) is 31.8 Å². The lowest BCUT2D eigenvalue weighted by Crippen LogP contribution is -2.64. The fourth-order valence-electron chi connectivity index (χ4n) is 4.56. The highest BCUT2D eigenvalue weighted by Gasteiger charge is 2.36. The molecule has 3 heterocycles. The summed E-state index contributed by atoms with van der Waals surface area (Å²) in [6, 6.07) is 1.31. The van der Waals surface area contributed by atoms with E-state index in [1.54, 1.807) is 0 Å². The SMILES string of the molecule is CCCC(CC)C1CC(N2CCN(c3nonc3C)CC2)C(N)CN1. The molecule has 4 atom stereocenters. The minimum Gasteiger partial charge on any atom is -0.350 e. The summed E-state index contributed by atoms with van der Waals surface area (Å²) >= 11 is 0. The summed E-state index contributed by atoms with van der Waals surface area (Å²) in [5.74, 6) is 1.66. The van der Waals surface area contributed by atoms with Crippen molar-refractivity contribution in [1.29, 1.82) is 0 Å². The van der Waals surface area contributed by atoms with Crippen LogP contribution in [0.2, 0.25) is 0 Å². The normalized spacial score (nSPS) is 29.8. The molecule has 0 radical (unpaired) electrons. The van der Waals surface area contributed by atoms with Crippen molar-refractivity contribution in [2.75, 3.05) is 37.6 Å². The Kier molecular flexibility index (Phi) is 6.30. The molecule has 0 spiro atoms. The smallest absolute Gasteiger partial charge is 0.196 e. The Bertz CT molecular complexity index is 527. The van der Waals surface area contributed by atoms with Gasteiger partial charge in [-0.3, -0.25) is 4.90 Å². The van der Waals surface area contributed by atoms with Gasteiger partial charge in [0, 0.05) is 50.8 Å². The lowest BCUT2D eigenvalue weighted by Gasteiger charge is -2.46. The fourth-order valence-corrected chi connectivity index (χ4v) is 4.56. The summed E-state index contributed by atoms with van der Waals surface area (Å²) in [7, 11) is 0. The third kappa shape index (κ3) is 4.15. The van der Waals surface area contributed by atoms with Gasteiger partial charge in [0.05, 0.1) is 0 Å². The average Bonchev–Trinajstić information content (AvgIpc) is 3.06. The Morgan fingerprint density at radius 3 is 2.60 bits per heavy atom. The summed E-state index contributed by atoms with van der Waals surface area (Å²) in [6.45, 7) is 11.5. The molecule has 2 fully saturated rings. The molecule has 142 valence electrons. The van der Waals surface area contributed by atoms with Crippen LogP contribution in [0, 0.1) is 12.8 Å². The highest BCUT2D eigenvalue weighted by molar-refractivity contribution is 5.41. The number of nitrogens with zero attached hydrogens (tertiary/aromatic N) is 4. The summed E-state index contributed by atoms with van der Waals surface area (Å²) in [6.07, 6.45) is 4.99. The Morgan fingerprint density at radius 1 is 1.24 bits per heavy atom. The topological polar surface area (TPSA) is 83.5 Å². The minimum atomic E-state index is 0.220. The van der Waals surface area contributed by atoms with E-state index in [9.17, 15) is 0 Å². The first-order chi connectivity index (χ1) is 12.1. The molecular weight excluding hydrogens is 316 g/mol. The summed E-state index contributed by atoms with van der Waals surface area (Å²) < 4.78 is 4.85.